The third kappa shape index (κ3) is 4.42. The summed E-state index contributed by atoms with van der Waals surface area (Å²) >= 11 is 0. The second-order valence-electron chi connectivity index (χ2n) is 8.69. The van der Waals surface area contributed by atoms with Gasteiger partial charge in [-0.3, -0.25) is 19.9 Å². The molecule has 0 spiro atoms. The Morgan fingerprint density at radius 3 is 2.83 bits per heavy atom. The number of nitrogens with zero attached hydrogens (tertiary/aromatic N) is 2. The molecule has 2 aromatic carbocycles. The summed E-state index contributed by atoms with van der Waals surface area (Å²) in [6.07, 6.45) is 1.09. The van der Waals surface area contributed by atoms with Gasteiger partial charge in [-0.25, -0.2) is 4.39 Å². The van der Waals surface area contributed by atoms with E-state index in [0.29, 0.717) is 25.9 Å². The van der Waals surface area contributed by atoms with Crippen molar-refractivity contribution in [2.45, 2.75) is 19.4 Å². The number of para-hydroxylation sites is 1. The Bertz CT molecular complexity index is 1450. The number of methoxy groups -OCH3 is 1. The van der Waals surface area contributed by atoms with Crippen molar-refractivity contribution in [3.63, 3.8) is 0 Å². The number of rotatable bonds is 7. The molecule has 0 fully saturated rings. The van der Waals surface area contributed by atoms with Crippen molar-refractivity contribution in [1.29, 1.82) is 0 Å². The van der Waals surface area contributed by atoms with Crippen LogP contribution in [0.4, 0.5) is 4.39 Å². The second-order valence-corrected chi connectivity index (χ2v) is 8.69. The number of hydrogen-bond donors (Lipinski definition) is 3. The average Bonchev–Trinajstić information content (AvgIpc) is 3.24. The van der Waals surface area contributed by atoms with Crippen LogP contribution >= 0.6 is 0 Å². The quantitative estimate of drug-likeness (QED) is 0.380. The van der Waals surface area contributed by atoms with Crippen LogP contribution in [0.1, 0.15) is 22.5 Å². The van der Waals surface area contributed by atoms with Gasteiger partial charge in [0.05, 0.1) is 43.6 Å². The van der Waals surface area contributed by atoms with Crippen LogP contribution in [-0.2, 0) is 29.0 Å². The van der Waals surface area contributed by atoms with E-state index in [4.69, 9.17) is 15.5 Å². The van der Waals surface area contributed by atoms with Crippen molar-refractivity contribution in [1.82, 2.24) is 20.2 Å². The SMILES string of the molecule is COc1ccc(Cc2nc3c(c4c2[nH]c2ccccc24)CCN(C(=O)CNCC(N)=O)C3)cc1F. The van der Waals surface area contributed by atoms with Crippen molar-refractivity contribution in [3.8, 4) is 5.75 Å². The lowest BCUT2D eigenvalue weighted by Crippen LogP contribution is -2.43. The number of aromatic nitrogens is 2. The zero-order chi connectivity index (χ0) is 24.5. The van der Waals surface area contributed by atoms with Crippen molar-refractivity contribution < 1.29 is 18.7 Å². The maximum Gasteiger partial charge on any atom is 0.236 e. The molecule has 9 heteroatoms. The first-order valence-electron chi connectivity index (χ1n) is 11.4. The van der Waals surface area contributed by atoms with Gasteiger partial charge in [-0.15, -0.1) is 0 Å². The fraction of sp³-hybridized carbons (Fsp3) is 0.269. The van der Waals surface area contributed by atoms with Crippen LogP contribution in [-0.4, -0.2) is 53.4 Å². The van der Waals surface area contributed by atoms with Gasteiger partial charge >= 0.3 is 0 Å². The van der Waals surface area contributed by atoms with Crippen LogP contribution in [0.2, 0.25) is 0 Å². The number of carbonyl (C=O) groups is 2. The molecule has 0 bridgehead atoms. The first-order valence-corrected chi connectivity index (χ1v) is 11.4. The summed E-state index contributed by atoms with van der Waals surface area (Å²) in [6, 6.07) is 13.0. The molecule has 0 saturated heterocycles. The largest absolute Gasteiger partial charge is 0.494 e. The lowest BCUT2D eigenvalue weighted by molar-refractivity contribution is -0.131. The van der Waals surface area contributed by atoms with Gasteiger partial charge in [-0.05, 0) is 35.7 Å². The number of primary amides is 1. The number of fused-ring (bicyclic) bond motifs is 5. The van der Waals surface area contributed by atoms with E-state index in [1.54, 1.807) is 11.0 Å². The molecule has 4 aromatic rings. The Morgan fingerprint density at radius 2 is 2.06 bits per heavy atom. The monoisotopic (exact) mass is 475 g/mol. The van der Waals surface area contributed by atoms with Crippen molar-refractivity contribution in [3.05, 3.63) is 70.8 Å². The third-order valence-corrected chi connectivity index (χ3v) is 6.40. The molecule has 5 rings (SSSR count). The Balaban J connectivity index is 1.54. The molecule has 180 valence electrons. The first-order chi connectivity index (χ1) is 16.9. The average molecular weight is 476 g/mol. The molecule has 2 amide bonds. The highest BCUT2D eigenvalue weighted by atomic mass is 19.1. The van der Waals surface area contributed by atoms with Gasteiger partial charge < -0.3 is 20.4 Å². The van der Waals surface area contributed by atoms with Crippen molar-refractivity contribution >= 4 is 33.6 Å². The van der Waals surface area contributed by atoms with E-state index in [1.165, 1.54) is 13.2 Å². The Morgan fingerprint density at radius 1 is 1.23 bits per heavy atom. The highest BCUT2D eigenvalue weighted by molar-refractivity contribution is 6.10. The van der Waals surface area contributed by atoms with E-state index >= 15 is 0 Å². The highest BCUT2D eigenvalue weighted by Crippen LogP contribution is 2.35. The number of nitrogens with one attached hydrogen (secondary N) is 2. The zero-order valence-electron chi connectivity index (χ0n) is 19.4. The number of carbonyl (C=O) groups excluding carboxylic acids is 2. The van der Waals surface area contributed by atoms with Crippen LogP contribution in [0.3, 0.4) is 0 Å². The molecule has 35 heavy (non-hydrogen) atoms. The maximum atomic E-state index is 14.4. The number of pyridine rings is 1. The van der Waals surface area contributed by atoms with E-state index in [2.05, 4.69) is 16.4 Å². The lowest BCUT2D eigenvalue weighted by Gasteiger charge is -2.29. The molecule has 0 aliphatic carbocycles. The molecule has 8 nitrogen and oxygen atoms in total. The van der Waals surface area contributed by atoms with E-state index < -0.39 is 11.7 Å². The number of H-pyrrole nitrogens is 1. The summed E-state index contributed by atoms with van der Waals surface area (Å²) in [5.41, 5.74) is 10.6. The summed E-state index contributed by atoms with van der Waals surface area (Å²) in [7, 11) is 1.44. The summed E-state index contributed by atoms with van der Waals surface area (Å²) in [4.78, 5) is 33.9. The summed E-state index contributed by atoms with van der Waals surface area (Å²) in [5.74, 6) is -0.848. The van der Waals surface area contributed by atoms with Crippen molar-refractivity contribution in [2.24, 2.45) is 5.73 Å². The molecule has 3 heterocycles. The zero-order valence-corrected chi connectivity index (χ0v) is 19.4. The molecular formula is C26H26FN5O3. The molecule has 0 radical (unpaired) electrons. The first kappa shape index (κ1) is 22.8. The summed E-state index contributed by atoms with van der Waals surface area (Å²) in [5, 5.41) is 4.99. The van der Waals surface area contributed by atoms with Crippen LogP contribution in [0.5, 0.6) is 5.75 Å². The van der Waals surface area contributed by atoms with E-state index in [-0.39, 0.29) is 24.7 Å². The second kappa shape index (κ2) is 9.34. The smallest absolute Gasteiger partial charge is 0.236 e. The van der Waals surface area contributed by atoms with E-state index in [9.17, 15) is 14.0 Å². The van der Waals surface area contributed by atoms with E-state index in [0.717, 1.165) is 44.3 Å². The third-order valence-electron chi connectivity index (χ3n) is 6.40. The molecule has 1 aliphatic rings. The van der Waals surface area contributed by atoms with E-state index in [1.807, 2.05) is 24.3 Å². The van der Waals surface area contributed by atoms with Gasteiger partial charge in [0.1, 0.15) is 0 Å². The molecule has 4 N–H and O–H groups in total. The minimum Gasteiger partial charge on any atom is -0.494 e. The van der Waals surface area contributed by atoms with Crippen LogP contribution in [0.25, 0.3) is 21.8 Å². The van der Waals surface area contributed by atoms with Gasteiger partial charge in [-0.1, -0.05) is 24.3 Å². The number of nitrogens with two attached hydrogens (primary N) is 1. The minimum absolute atomic E-state index is 0.0333. The van der Waals surface area contributed by atoms with Gasteiger partial charge in [-0.2, -0.15) is 0 Å². The topological polar surface area (TPSA) is 113 Å². The Kier molecular flexibility index (Phi) is 6.08. The number of benzene rings is 2. The highest BCUT2D eigenvalue weighted by Gasteiger charge is 2.26. The summed E-state index contributed by atoms with van der Waals surface area (Å²) < 4.78 is 19.4. The fourth-order valence-electron chi connectivity index (χ4n) is 4.77. The number of aromatic amines is 1. The van der Waals surface area contributed by atoms with Gasteiger partial charge in [0.15, 0.2) is 11.6 Å². The molecule has 0 unspecified atom stereocenters. The van der Waals surface area contributed by atoms with Gasteiger partial charge in [0, 0.05) is 29.3 Å². The molecule has 1 aliphatic heterocycles. The molecular weight excluding hydrogens is 449 g/mol. The van der Waals surface area contributed by atoms with Crippen molar-refractivity contribution in [2.75, 3.05) is 26.7 Å². The molecule has 0 saturated carbocycles. The van der Waals surface area contributed by atoms with Crippen LogP contribution in [0, 0.1) is 5.82 Å². The fourth-order valence-corrected chi connectivity index (χ4v) is 4.77. The maximum absolute atomic E-state index is 14.4. The summed E-state index contributed by atoms with van der Waals surface area (Å²) in [6.45, 7) is 0.910. The van der Waals surface area contributed by atoms with Crippen LogP contribution in [0.15, 0.2) is 42.5 Å². The predicted molar refractivity (Wildman–Crippen MR) is 131 cm³/mol. The normalized spacial score (nSPS) is 13.3. The standard InChI is InChI=1S/C26H26FN5O3/c1-35-22-7-6-15(10-18(22)27)11-20-26-25(16-4-2-3-5-19(16)31-26)17-8-9-32(14-21(17)30-20)24(34)13-29-12-23(28)33/h2-7,10,29,31H,8-9,11-14H2,1H3,(H2,28,33). The predicted octanol–water partition coefficient (Wildman–Crippen LogP) is 2.41. The number of halogens is 1. The Hall–Kier alpha value is -3.98. The number of ether oxygens (including phenoxy) is 1. The molecule has 0 atom stereocenters. The molecule has 2 aromatic heterocycles. The van der Waals surface area contributed by atoms with Gasteiger partial charge in [0.2, 0.25) is 11.8 Å². The lowest BCUT2D eigenvalue weighted by atomic mass is 9.96. The van der Waals surface area contributed by atoms with Gasteiger partial charge in [0.25, 0.3) is 0 Å². The Labute approximate surface area is 201 Å². The number of hydrogen-bond acceptors (Lipinski definition) is 5. The minimum atomic E-state index is -0.509. The van der Waals surface area contributed by atoms with Crippen LogP contribution < -0.4 is 15.8 Å². The number of amides is 2.